The minimum absolute atomic E-state index is 0.146. The van der Waals surface area contributed by atoms with Gasteiger partial charge in [0.05, 0.1) is 23.2 Å². The van der Waals surface area contributed by atoms with Crippen LogP contribution in [-0.4, -0.2) is 49.7 Å². The van der Waals surface area contributed by atoms with E-state index in [0.29, 0.717) is 22.3 Å². The zero-order chi connectivity index (χ0) is 21.1. The van der Waals surface area contributed by atoms with E-state index >= 15 is 0 Å². The van der Waals surface area contributed by atoms with Crippen molar-refractivity contribution in [3.63, 3.8) is 0 Å². The van der Waals surface area contributed by atoms with Crippen molar-refractivity contribution in [3.05, 3.63) is 59.4 Å². The SMILES string of the molecule is CCC(C)n1ncc2c(C(=O)N(C)C(Cc3ccccc3)C(=O)O)cc(C)nc21. The van der Waals surface area contributed by atoms with Crippen LogP contribution >= 0.6 is 0 Å². The van der Waals surface area contributed by atoms with Gasteiger partial charge in [-0.25, -0.2) is 14.5 Å². The number of fused-ring (bicyclic) bond motifs is 1. The molecular weight excluding hydrogens is 368 g/mol. The Balaban J connectivity index is 1.99. The number of carboxylic acids is 1. The molecule has 1 aromatic carbocycles. The van der Waals surface area contributed by atoms with Crippen LogP contribution in [0.25, 0.3) is 11.0 Å². The summed E-state index contributed by atoms with van der Waals surface area (Å²) in [5.74, 6) is -1.39. The van der Waals surface area contributed by atoms with Crippen LogP contribution in [0.15, 0.2) is 42.6 Å². The third-order valence-corrected chi connectivity index (χ3v) is 5.28. The molecule has 1 N–H and O–H groups in total. The van der Waals surface area contributed by atoms with E-state index in [2.05, 4.69) is 17.0 Å². The van der Waals surface area contributed by atoms with Crippen molar-refractivity contribution < 1.29 is 14.7 Å². The first kappa shape index (κ1) is 20.5. The summed E-state index contributed by atoms with van der Waals surface area (Å²) in [7, 11) is 1.53. The molecule has 0 aliphatic heterocycles. The molecule has 0 aliphatic carbocycles. The molecule has 152 valence electrons. The molecule has 2 unspecified atom stereocenters. The summed E-state index contributed by atoms with van der Waals surface area (Å²) in [6.45, 7) is 5.93. The highest BCUT2D eigenvalue weighted by atomic mass is 16.4. The van der Waals surface area contributed by atoms with Gasteiger partial charge in [-0.2, -0.15) is 5.10 Å². The summed E-state index contributed by atoms with van der Waals surface area (Å²) in [5.41, 5.74) is 2.62. The molecule has 29 heavy (non-hydrogen) atoms. The van der Waals surface area contributed by atoms with Gasteiger partial charge in [-0.05, 0) is 31.9 Å². The largest absolute Gasteiger partial charge is 0.480 e. The van der Waals surface area contributed by atoms with E-state index in [-0.39, 0.29) is 18.4 Å². The van der Waals surface area contributed by atoms with Crippen LogP contribution in [0, 0.1) is 6.92 Å². The van der Waals surface area contributed by atoms with Crippen molar-refractivity contribution in [2.75, 3.05) is 7.05 Å². The van der Waals surface area contributed by atoms with E-state index in [1.54, 1.807) is 12.3 Å². The molecule has 0 aliphatic rings. The lowest BCUT2D eigenvalue weighted by Crippen LogP contribution is -2.44. The van der Waals surface area contributed by atoms with E-state index in [1.165, 1.54) is 11.9 Å². The van der Waals surface area contributed by atoms with Gasteiger partial charge in [0.25, 0.3) is 5.91 Å². The molecule has 3 rings (SSSR count). The second-order valence-electron chi connectivity index (χ2n) is 7.35. The van der Waals surface area contributed by atoms with Gasteiger partial charge in [0.2, 0.25) is 0 Å². The van der Waals surface area contributed by atoms with E-state index in [0.717, 1.165) is 12.0 Å². The number of aliphatic carboxylic acids is 1. The molecule has 2 heterocycles. The molecule has 1 amide bonds. The number of amides is 1. The van der Waals surface area contributed by atoms with Crippen molar-refractivity contribution in [2.45, 2.75) is 45.7 Å². The lowest BCUT2D eigenvalue weighted by Gasteiger charge is -2.25. The molecule has 0 spiro atoms. The van der Waals surface area contributed by atoms with Crippen LogP contribution in [0.3, 0.4) is 0 Å². The molecule has 0 saturated carbocycles. The molecule has 2 atom stereocenters. The van der Waals surface area contributed by atoms with Crippen molar-refractivity contribution in [1.82, 2.24) is 19.7 Å². The average molecular weight is 394 g/mol. The van der Waals surface area contributed by atoms with Crippen LogP contribution in [-0.2, 0) is 11.2 Å². The average Bonchev–Trinajstić information content (AvgIpc) is 3.14. The van der Waals surface area contributed by atoms with Gasteiger partial charge in [0.1, 0.15) is 6.04 Å². The van der Waals surface area contributed by atoms with Gasteiger partial charge < -0.3 is 10.0 Å². The number of benzene rings is 1. The first-order valence-electron chi connectivity index (χ1n) is 9.72. The molecule has 0 saturated heterocycles. The number of nitrogens with zero attached hydrogens (tertiary/aromatic N) is 4. The minimum Gasteiger partial charge on any atom is -0.480 e. The third-order valence-electron chi connectivity index (χ3n) is 5.28. The monoisotopic (exact) mass is 394 g/mol. The van der Waals surface area contributed by atoms with Crippen molar-refractivity contribution in [3.8, 4) is 0 Å². The third kappa shape index (κ3) is 4.13. The maximum Gasteiger partial charge on any atom is 0.326 e. The maximum atomic E-state index is 13.3. The molecule has 7 heteroatoms. The number of hydrogen-bond acceptors (Lipinski definition) is 4. The minimum atomic E-state index is -1.04. The Labute approximate surface area is 170 Å². The molecule has 0 fully saturated rings. The number of pyridine rings is 1. The van der Waals surface area contributed by atoms with E-state index in [9.17, 15) is 14.7 Å². The summed E-state index contributed by atoms with van der Waals surface area (Å²) in [4.78, 5) is 31.1. The number of rotatable bonds is 7. The molecule has 2 aromatic heterocycles. The summed E-state index contributed by atoms with van der Waals surface area (Å²) >= 11 is 0. The number of carboxylic acid groups (broad SMARTS) is 1. The second-order valence-corrected chi connectivity index (χ2v) is 7.35. The van der Waals surface area contributed by atoms with Crippen molar-refractivity contribution >= 4 is 22.9 Å². The zero-order valence-electron chi connectivity index (χ0n) is 17.2. The van der Waals surface area contributed by atoms with Gasteiger partial charge in [0.15, 0.2) is 5.65 Å². The van der Waals surface area contributed by atoms with Crippen LogP contribution < -0.4 is 0 Å². The fraction of sp³-hybridized carbons (Fsp3) is 0.364. The molecule has 3 aromatic rings. The van der Waals surface area contributed by atoms with Crippen molar-refractivity contribution in [2.24, 2.45) is 0 Å². The first-order chi connectivity index (χ1) is 13.8. The normalized spacial score (nSPS) is 13.2. The Bertz CT molecular complexity index is 1030. The first-order valence-corrected chi connectivity index (χ1v) is 9.72. The lowest BCUT2D eigenvalue weighted by molar-refractivity contribution is -0.141. The van der Waals surface area contributed by atoms with Gasteiger partial charge in [-0.15, -0.1) is 0 Å². The van der Waals surface area contributed by atoms with Crippen LogP contribution in [0.2, 0.25) is 0 Å². The Morgan fingerprint density at radius 1 is 1.24 bits per heavy atom. The highest BCUT2D eigenvalue weighted by molar-refractivity contribution is 6.06. The van der Waals surface area contributed by atoms with Gasteiger partial charge >= 0.3 is 5.97 Å². The maximum absolute atomic E-state index is 13.3. The fourth-order valence-electron chi connectivity index (χ4n) is 3.37. The number of aromatic nitrogens is 3. The fourth-order valence-corrected chi connectivity index (χ4v) is 3.37. The zero-order valence-corrected chi connectivity index (χ0v) is 17.2. The van der Waals surface area contributed by atoms with Crippen LogP contribution in [0.1, 0.15) is 47.9 Å². The number of hydrogen-bond donors (Lipinski definition) is 1. The van der Waals surface area contributed by atoms with Gasteiger partial charge in [-0.3, -0.25) is 4.79 Å². The second kappa shape index (κ2) is 8.43. The standard InChI is InChI=1S/C22H26N4O3/c1-5-15(3)26-20-18(13-23-26)17(11-14(2)24-20)21(27)25(4)19(22(28)29)12-16-9-7-6-8-10-16/h6-11,13,15,19H,5,12H2,1-4H3,(H,28,29). The summed E-state index contributed by atoms with van der Waals surface area (Å²) < 4.78 is 1.82. The van der Waals surface area contributed by atoms with Gasteiger partial charge in [0, 0.05) is 19.2 Å². The quantitative estimate of drug-likeness (QED) is 0.663. The summed E-state index contributed by atoms with van der Waals surface area (Å²) in [6.07, 6.45) is 2.76. The molecule has 0 bridgehead atoms. The molecule has 7 nitrogen and oxygen atoms in total. The Kier molecular flexibility index (Phi) is 5.96. The van der Waals surface area contributed by atoms with Crippen LogP contribution in [0.5, 0.6) is 0 Å². The molecular formula is C22H26N4O3. The lowest BCUT2D eigenvalue weighted by atomic mass is 10.0. The Morgan fingerprint density at radius 2 is 1.93 bits per heavy atom. The number of likely N-dealkylation sites (N-methyl/N-ethyl adjacent to an activating group) is 1. The highest BCUT2D eigenvalue weighted by Gasteiger charge is 2.29. The number of carbonyl (C=O) groups is 2. The van der Waals surface area contributed by atoms with E-state index < -0.39 is 12.0 Å². The highest BCUT2D eigenvalue weighted by Crippen LogP contribution is 2.24. The Morgan fingerprint density at radius 3 is 2.55 bits per heavy atom. The summed E-state index contributed by atoms with van der Waals surface area (Å²) in [5, 5.41) is 14.8. The smallest absolute Gasteiger partial charge is 0.326 e. The van der Waals surface area contributed by atoms with Gasteiger partial charge in [-0.1, -0.05) is 37.3 Å². The van der Waals surface area contributed by atoms with E-state index in [4.69, 9.17) is 0 Å². The van der Waals surface area contributed by atoms with E-state index in [1.807, 2.05) is 48.9 Å². The number of carbonyl (C=O) groups excluding carboxylic acids is 1. The topological polar surface area (TPSA) is 88.3 Å². The number of aryl methyl sites for hydroxylation is 1. The molecule has 0 radical (unpaired) electrons. The van der Waals surface area contributed by atoms with Crippen molar-refractivity contribution in [1.29, 1.82) is 0 Å². The Hall–Kier alpha value is -3.22. The predicted octanol–water partition coefficient (Wildman–Crippen LogP) is 3.48. The predicted molar refractivity (Wildman–Crippen MR) is 111 cm³/mol. The summed E-state index contributed by atoms with van der Waals surface area (Å²) in [6, 6.07) is 10.2. The van der Waals surface area contributed by atoms with Crippen LogP contribution in [0.4, 0.5) is 0 Å².